The molecule has 3 rings (SSSR count). The van der Waals surface area contributed by atoms with Gasteiger partial charge in [0.25, 0.3) is 5.91 Å². The number of carbonyl (C=O) groups excluding carboxylic acids is 1. The van der Waals surface area contributed by atoms with Gasteiger partial charge in [0.05, 0.1) is 0 Å². The number of nitrogens with one attached hydrogen (secondary N) is 2. The largest absolute Gasteiger partial charge is 0.324 e. The van der Waals surface area contributed by atoms with Crippen molar-refractivity contribution >= 4 is 23.2 Å². The fourth-order valence-corrected chi connectivity index (χ4v) is 2.69. The second kappa shape index (κ2) is 7.35. The lowest BCUT2D eigenvalue weighted by Crippen LogP contribution is -2.15. The van der Waals surface area contributed by atoms with E-state index in [4.69, 9.17) is 0 Å². The van der Waals surface area contributed by atoms with Crippen molar-refractivity contribution in [1.29, 1.82) is 0 Å². The van der Waals surface area contributed by atoms with Crippen molar-refractivity contribution in [2.24, 2.45) is 0 Å². The van der Waals surface area contributed by atoms with Crippen LogP contribution in [0.15, 0.2) is 48.7 Å². The summed E-state index contributed by atoms with van der Waals surface area (Å²) >= 11 is 0. The Kier molecular flexibility index (Phi) is 4.98. The summed E-state index contributed by atoms with van der Waals surface area (Å²) in [4.78, 5) is 21.1. The van der Waals surface area contributed by atoms with Gasteiger partial charge in [0.2, 0.25) is 5.95 Å². The highest BCUT2D eigenvalue weighted by Crippen LogP contribution is 2.21. The summed E-state index contributed by atoms with van der Waals surface area (Å²) in [6, 6.07) is 13.5. The Morgan fingerprint density at radius 3 is 2.50 bits per heavy atom. The highest BCUT2D eigenvalue weighted by Gasteiger charge is 2.11. The lowest BCUT2D eigenvalue weighted by molar-refractivity contribution is 0.102. The zero-order valence-corrected chi connectivity index (χ0v) is 15.4. The van der Waals surface area contributed by atoms with Crippen LogP contribution in [0.25, 0.3) is 0 Å². The molecule has 26 heavy (non-hydrogen) atoms. The number of amides is 1. The Balaban J connectivity index is 1.80. The van der Waals surface area contributed by atoms with Gasteiger partial charge in [0.15, 0.2) is 0 Å². The van der Waals surface area contributed by atoms with Crippen molar-refractivity contribution in [1.82, 2.24) is 9.97 Å². The molecule has 0 saturated carbocycles. The molecule has 0 radical (unpaired) electrons. The first-order valence-electron chi connectivity index (χ1n) is 8.49. The minimum atomic E-state index is -0.259. The molecule has 3 aromatic rings. The van der Waals surface area contributed by atoms with Gasteiger partial charge in [-0.05, 0) is 62.6 Å². The van der Waals surface area contributed by atoms with E-state index < -0.39 is 0 Å². The summed E-state index contributed by atoms with van der Waals surface area (Å²) in [6.45, 7) is 8.07. The molecule has 132 valence electrons. The average molecular weight is 346 g/mol. The van der Waals surface area contributed by atoms with Crippen molar-refractivity contribution < 1.29 is 4.79 Å². The Labute approximate surface area is 153 Å². The molecule has 0 fully saturated rings. The van der Waals surface area contributed by atoms with Gasteiger partial charge in [0, 0.05) is 17.6 Å². The maximum Gasteiger partial charge on any atom is 0.274 e. The molecule has 0 unspecified atom stereocenters. The van der Waals surface area contributed by atoms with Crippen LogP contribution < -0.4 is 10.6 Å². The number of rotatable bonds is 4. The second-order valence-corrected chi connectivity index (χ2v) is 6.41. The van der Waals surface area contributed by atoms with Crippen LogP contribution in [0.4, 0.5) is 17.3 Å². The molecule has 2 aromatic carbocycles. The summed E-state index contributed by atoms with van der Waals surface area (Å²) in [6.07, 6.45) is 1.58. The Morgan fingerprint density at radius 1 is 0.923 bits per heavy atom. The van der Waals surface area contributed by atoms with E-state index >= 15 is 0 Å². The zero-order chi connectivity index (χ0) is 18.7. The molecule has 0 saturated heterocycles. The highest BCUT2D eigenvalue weighted by atomic mass is 16.1. The Morgan fingerprint density at radius 2 is 1.73 bits per heavy atom. The zero-order valence-electron chi connectivity index (χ0n) is 15.4. The highest BCUT2D eigenvalue weighted by molar-refractivity contribution is 6.03. The van der Waals surface area contributed by atoms with Crippen molar-refractivity contribution in [2.75, 3.05) is 10.6 Å². The van der Waals surface area contributed by atoms with Gasteiger partial charge in [-0.15, -0.1) is 0 Å². The molecule has 0 aliphatic carbocycles. The normalized spacial score (nSPS) is 10.5. The van der Waals surface area contributed by atoms with E-state index in [2.05, 4.69) is 26.7 Å². The van der Waals surface area contributed by atoms with Crippen LogP contribution in [0, 0.1) is 27.7 Å². The molecule has 0 bridgehead atoms. The number of aromatic nitrogens is 2. The van der Waals surface area contributed by atoms with Gasteiger partial charge in [0.1, 0.15) is 5.69 Å². The average Bonchev–Trinajstić information content (AvgIpc) is 2.61. The maximum absolute atomic E-state index is 12.6. The van der Waals surface area contributed by atoms with Crippen LogP contribution in [0.2, 0.25) is 0 Å². The molecule has 5 heteroatoms. The van der Waals surface area contributed by atoms with Crippen molar-refractivity contribution in [3.05, 3.63) is 76.6 Å². The molecule has 2 N–H and O–H groups in total. The third kappa shape index (κ3) is 3.88. The number of carbonyl (C=O) groups is 1. The minimum absolute atomic E-state index is 0.259. The van der Waals surface area contributed by atoms with Gasteiger partial charge in [-0.2, -0.15) is 0 Å². The van der Waals surface area contributed by atoms with Gasteiger partial charge in [-0.1, -0.05) is 29.8 Å². The van der Waals surface area contributed by atoms with Gasteiger partial charge in [-0.25, -0.2) is 9.97 Å². The van der Waals surface area contributed by atoms with Crippen LogP contribution in [0.5, 0.6) is 0 Å². The summed E-state index contributed by atoms with van der Waals surface area (Å²) in [5, 5.41) is 6.10. The quantitative estimate of drug-likeness (QED) is 0.718. The van der Waals surface area contributed by atoms with Crippen molar-refractivity contribution in [3.8, 4) is 0 Å². The number of nitrogens with zero attached hydrogens (tertiary/aromatic N) is 2. The van der Waals surface area contributed by atoms with Crippen LogP contribution in [-0.2, 0) is 0 Å². The third-order valence-corrected chi connectivity index (χ3v) is 4.37. The summed E-state index contributed by atoms with van der Waals surface area (Å²) < 4.78 is 0. The fourth-order valence-electron chi connectivity index (χ4n) is 2.69. The fraction of sp³-hybridized carbons (Fsp3) is 0.190. The van der Waals surface area contributed by atoms with Gasteiger partial charge < -0.3 is 10.6 Å². The SMILES string of the molecule is Cc1ccc(Nc2nccc(C(=O)Nc3cccc(C)c3C)n2)c(C)c1. The summed E-state index contributed by atoms with van der Waals surface area (Å²) in [5.41, 5.74) is 6.48. The van der Waals surface area contributed by atoms with Crippen LogP contribution >= 0.6 is 0 Å². The van der Waals surface area contributed by atoms with E-state index in [0.29, 0.717) is 11.6 Å². The number of aryl methyl sites for hydroxylation is 3. The standard InChI is InChI=1S/C21H22N4O/c1-13-8-9-17(15(3)12-13)24-21-22-11-10-19(25-21)20(26)23-18-7-5-6-14(2)16(18)4/h5-12H,1-4H3,(H,23,26)(H,22,24,25). The molecule has 1 aromatic heterocycles. The molecule has 1 heterocycles. The molecule has 1 amide bonds. The van der Waals surface area contributed by atoms with E-state index in [9.17, 15) is 4.79 Å². The minimum Gasteiger partial charge on any atom is -0.324 e. The molecule has 0 aliphatic rings. The predicted octanol–water partition coefficient (Wildman–Crippen LogP) is 4.71. The second-order valence-electron chi connectivity index (χ2n) is 6.41. The van der Waals surface area contributed by atoms with E-state index in [0.717, 1.165) is 28.1 Å². The molecule has 0 aliphatic heterocycles. The summed E-state index contributed by atoms with van der Waals surface area (Å²) in [7, 11) is 0. The van der Waals surface area contributed by atoms with E-state index in [1.54, 1.807) is 12.3 Å². The van der Waals surface area contributed by atoms with E-state index in [1.807, 2.05) is 58.0 Å². The first-order chi connectivity index (χ1) is 12.4. The van der Waals surface area contributed by atoms with Gasteiger partial charge >= 0.3 is 0 Å². The maximum atomic E-state index is 12.6. The Hall–Kier alpha value is -3.21. The number of benzene rings is 2. The van der Waals surface area contributed by atoms with E-state index in [1.165, 1.54) is 5.56 Å². The molecule has 0 spiro atoms. The number of hydrogen-bond acceptors (Lipinski definition) is 4. The molecule has 0 atom stereocenters. The Bertz CT molecular complexity index is 966. The predicted molar refractivity (Wildman–Crippen MR) is 105 cm³/mol. The lowest BCUT2D eigenvalue weighted by Gasteiger charge is -2.11. The van der Waals surface area contributed by atoms with Crippen LogP contribution in [0.1, 0.15) is 32.7 Å². The van der Waals surface area contributed by atoms with Crippen LogP contribution in [-0.4, -0.2) is 15.9 Å². The number of anilines is 3. The smallest absolute Gasteiger partial charge is 0.274 e. The lowest BCUT2D eigenvalue weighted by atomic mass is 10.1. The van der Waals surface area contributed by atoms with Crippen molar-refractivity contribution in [3.63, 3.8) is 0 Å². The summed E-state index contributed by atoms with van der Waals surface area (Å²) in [5.74, 6) is 0.135. The number of hydrogen-bond donors (Lipinski definition) is 2. The first-order valence-corrected chi connectivity index (χ1v) is 8.49. The first kappa shape index (κ1) is 17.6. The van der Waals surface area contributed by atoms with Crippen molar-refractivity contribution in [2.45, 2.75) is 27.7 Å². The monoisotopic (exact) mass is 346 g/mol. The third-order valence-electron chi connectivity index (χ3n) is 4.37. The topological polar surface area (TPSA) is 66.9 Å². The van der Waals surface area contributed by atoms with E-state index in [-0.39, 0.29) is 5.91 Å². The molecular formula is C21H22N4O. The van der Waals surface area contributed by atoms with Gasteiger partial charge in [-0.3, -0.25) is 4.79 Å². The molecular weight excluding hydrogens is 324 g/mol. The molecule has 5 nitrogen and oxygen atoms in total. The van der Waals surface area contributed by atoms with Crippen LogP contribution in [0.3, 0.4) is 0 Å².